The second kappa shape index (κ2) is 3.99. The lowest BCUT2D eigenvalue weighted by molar-refractivity contribution is 0.0927. The molecule has 1 aromatic rings. The predicted molar refractivity (Wildman–Crippen MR) is 61.3 cm³/mol. The third-order valence-electron chi connectivity index (χ3n) is 3.34. The first-order valence-electron chi connectivity index (χ1n) is 5.95. The summed E-state index contributed by atoms with van der Waals surface area (Å²) in [5.74, 6) is 0.0606. The lowest BCUT2D eigenvalue weighted by Gasteiger charge is -2.15. The number of nitrogens with two attached hydrogens (primary N) is 1. The highest BCUT2D eigenvalue weighted by Crippen LogP contribution is 2.29. The van der Waals surface area contributed by atoms with Gasteiger partial charge in [0, 0.05) is 25.2 Å². The van der Waals surface area contributed by atoms with Crippen LogP contribution in [0.4, 0.5) is 5.95 Å². The fourth-order valence-electron chi connectivity index (χ4n) is 2.31. The summed E-state index contributed by atoms with van der Waals surface area (Å²) in [6, 6.07) is 0.979. The van der Waals surface area contributed by atoms with Gasteiger partial charge in [-0.15, -0.1) is 5.10 Å². The number of amides is 1. The molecule has 1 amide bonds. The summed E-state index contributed by atoms with van der Waals surface area (Å²) in [5, 5.41) is 9.10. The van der Waals surface area contributed by atoms with Crippen LogP contribution in [0.2, 0.25) is 0 Å². The van der Waals surface area contributed by atoms with Gasteiger partial charge in [-0.1, -0.05) is 0 Å². The SMILES string of the molecule is Nc1n[nH]c(C(=O)NC2CCN(C3CC3)C2)n1. The van der Waals surface area contributed by atoms with Crippen LogP contribution in [-0.2, 0) is 0 Å². The molecule has 0 radical (unpaired) electrons. The number of nitrogen functional groups attached to an aromatic ring is 1. The van der Waals surface area contributed by atoms with Gasteiger partial charge in [-0.3, -0.25) is 14.8 Å². The molecule has 1 atom stereocenters. The minimum absolute atomic E-state index is 0.0983. The van der Waals surface area contributed by atoms with E-state index in [2.05, 4.69) is 25.4 Å². The number of likely N-dealkylation sites (tertiary alicyclic amines) is 1. The summed E-state index contributed by atoms with van der Waals surface area (Å²) in [7, 11) is 0. The van der Waals surface area contributed by atoms with E-state index in [1.807, 2.05) is 0 Å². The summed E-state index contributed by atoms with van der Waals surface area (Å²) in [5.41, 5.74) is 5.35. The summed E-state index contributed by atoms with van der Waals surface area (Å²) in [6.45, 7) is 2.02. The molecule has 3 rings (SSSR count). The van der Waals surface area contributed by atoms with Crippen LogP contribution in [0.3, 0.4) is 0 Å². The van der Waals surface area contributed by atoms with Gasteiger partial charge in [-0.05, 0) is 19.3 Å². The molecule has 1 unspecified atom stereocenters. The normalized spacial score (nSPS) is 25.1. The highest BCUT2D eigenvalue weighted by atomic mass is 16.2. The van der Waals surface area contributed by atoms with Crippen molar-refractivity contribution in [3.05, 3.63) is 5.82 Å². The number of hydrogen-bond donors (Lipinski definition) is 3. The van der Waals surface area contributed by atoms with E-state index >= 15 is 0 Å². The van der Waals surface area contributed by atoms with Gasteiger partial charge in [0.25, 0.3) is 5.91 Å². The van der Waals surface area contributed by atoms with E-state index in [-0.39, 0.29) is 23.7 Å². The predicted octanol–water partition coefficient (Wildman–Crippen LogP) is -0.647. The zero-order valence-electron chi connectivity index (χ0n) is 9.52. The molecule has 0 spiro atoms. The lowest BCUT2D eigenvalue weighted by Crippen LogP contribution is -2.38. The number of hydrogen-bond acceptors (Lipinski definition) is 5. The number of H-pyrrole nitrogens is 1. The summed E-state index contributed by atoms with van der Waals surface area (Å²) >= 11 is 0. The van der Waals surface area contributed by atoms with E-state index in [9.17, 15) is 4.79 Å². The summed E-state index contributed by atoms with van der Waals surface area (Å²) < 4.78 is 0. The van der Waals surface area contributed by atoms with E-state index < -0.39 is 0 Å². The van der Waals surface area contributed by atoms with E-state index in [1.165, 1.54) is 12.8 Å². The Bertz CT molecular complexity index is 426. The minimum Gasteiger partial charge on any atom is -0.366 e. The Kier molecular flexibility index (Phi) is 2.47. The topological polar surface area (TPSA) is 99.9 Å². The molecule has 0 bridgehead atoms. The fourth-order valence-corrected chi connectivity index (χ4v) is 2.31. The second-order valence-electron chi connectivity index (χ2n) is 4.73. The number of carbonyl (C=O) groups is 1. The fraction of sp³-hybridized carbons (Fsp3) is 0.700. The van der Waals surface area contributed by atoms with Crippen molar-refractivity contribution in [3.63, 3.8) is 0 Å². The Morgan fingerprint density at radius 1 is 1.47 bits per heavy atom. The molecule has 2 fully saturated rings. The van der Waals surface area contributed by atoms with Gasteiger partial charge < -0.3 is 11.1 Å². The molecule has 2 heterocycles. The van der Waals surface area contributed by atoms with Crippen molar-refractivity contribution in [3.8, 4) is 0 Å². The molecular formula is C10H16N6O. The van der Waals surface area contributed by atoms with Gasteiger partial charge >= 0.3 is 0 Å². The van der Waals surface area contributed by atoms with Crippen molar-refractivity contribution in [2.75, 3.05) is 18.8 Å². The van der Waals surface area contributed by atoms with Gasteiger partial charge in [-0.25, -0.2) is 0 Å². The van der Waals surface area contributed by atoms with E-state index in [1.54, 1.807) is 0 Å². The van der Waals surface area contributed by atoms with Crippen LogP contribution >= 0.6 is 0 Å². The Labute approximate surface area is 98.8 Å². The monoisotopic (exact) mass is 236 g/mol. The molecular weight excluding hydrogens is 220 g/mol. The van der Waals surface area contributed by atoms with E-state index in [0.717, 1.165) is 25.6 Å². The molecule has 1 aliphatic carbocycles. The molecule has 1 saturated heterocycles. The molecule has 1 saturated carbocycles. The third kappa shape index (κ3) is 2.23. The summed E-state index contributed by atoms with van der Waals surface area (Å²) in [6.07, 6.45) is 3.62. The van der Waals surface area contributed by atoms with Crippen molar-refractivity contribution >= 4 is 11.9 Å². The average Bonchev–Trinajstić information content (AvgIpc) is 2.90. The first kappa shape index (κ1) is 10.5. The maximum absolute atomic E-state index is 11.8. The number of nitrogens with zero attached hydrogens (tertiary/aromatic N) is 3. The van der Waals surface area contributed by atoms with Gasteiger partial charge in [0.15, 0.2) is 0 Å². The number of aromatic nitrogens is 3. The van der Waals surface area contributed by atoms with Crippen LogP contribution in [0, 0.1) is 0 Å². The molecule has 1 aromatic heterocycles. The highest BCUT2D eigenvalue weighted by molar-refractivity contribution is 5.90. The van der Waals surface area contributed by atoms with Crippen molar-refractivity contribution in [1.29, 1.82) is 0 Å². The van der Waals surface area contributed by atoms with Crippen molar-refractivity contribution in [2.24, 2.45) is 0 Å². The zero-order valence-corrected chi connectivity index (χ0v) is 9.52. The lowest BCUT2D eigenvalue weighted by atomic mass is 10.2. The second-order valence-corrected chi connectivity index (χ2v) is 4.73. The van der Waals surface area contributed by atoms with Crippen molar-refractivity contribution in [1.82, 2.24) is 25.4 Å². The molecule has 0 aromatic carbocycles. The smallest absolute Gasteiger partial charge is 0.288 e. The van der Waals surface area contributed by atoms with Crippen LogP contribution in [-0.4, -0.2) is 51.2 Å². The molecule has 92 valence electrons. The molecule has 2 aliphatic rings. The summed E-state index contributed by atoms with van der Waals surface area (Å²) in [4.78, 5) is 18.0. The molecule has 7 heteroatoms. The van der Waals surface area contributed by atoms with Crippen LogP contribution in [0.25, 0.3) is 0 Å². The van der Waals surface area contributed by atoms with Crippen LogP contribution < -0.4 is 11.1 Å². The van der Waals surface area contributed by atoms with Crippen molar-refractivity contribution < 1.29 is 4.79 Å². The van der Waals surface area contributed by atoms with Gasteiger partial charge in [0.05, 0.1) is 0 Å². The largest absolute Gasteiger partial charge is 0.366 e. The molecule has 4 N–H and O–H groups in total. The first-order chi connectivity index (χ1) is 8.22. The van der Waals surface area contributed by atoms with Crippen LogP contribution in [0.5, 0.6) is 0 Å². The first-order valence-corrected chi connectivity index (χ1v) is 5.95. The number of carbonyl (C=O) groups excluding carboxylic acids is 1. The van der Waals surface area contributed by atoms with Gasteiger partial charge in [0.2, 0.25) is 11.8 Å². The van der Waals surface area contributed by atoms with Gasteiger partial charge in [-0.2, -0.15) is 4.98 Å². The Hall–Kier alpha value is -1.63. The maximum Gasteiger partial charge on any atom is 0.288 e. The average molecular weight is 236 g/mol. The maximum atomic E-state index is 11.8. The van der Waals surface area contributed by atoms with E-state index in [4.69, 9.17) is 5.73 Å². The number of rotatable bonds is 3. The number of nitrogens with one attached hydrogen (secondary N) is 2. The van der Waals surface area contributed by atoms with Crippen LogP contribution in [0.15, 0.2) is 0 Å². The molecule has 1 aliphatic heterocycles. The Morgan fingerprint density at radius 2 is 2.29 bits per heavy atom. The van der Waals surface area contributed by atoms with Gasteiger partial charge in [0.1, 0.15) is 0 Å². The number of aromatic amines is 1. The minimum atomic E-state index is -0.225. The van der Waals surface area contributed by atoms with E-state index in [0.29, 0.717) is 0 Å². The number of anilines is 1. The molecule has 7 nitrogen and oxygen atoms in total. The van der Waals surface area contributed by atoms with Crippen molar-refractivity contribution in [2.45, 2.75) is 31.3 Å². The highest BCUT2D eigenvalue weighted by Gasteiger charge is 2.35. The third-order valence-corrected chi connectivity index (χ3v) is 3.34. The Morgan fingerprint density at radius 3 is 2.94 bits per heavy atom. The Balaban J connectivity index is 1.55. The zero-order chi connectivity index (χ0) is 11.8. The molecule has 17 heavy (non-hydrogen) atoms. The standard InChI is InChI=1S/C10H16N6O/c11-10-13-8(14-15-10)9(17)12-6-3-4-16(5-6)7-1-2-7/h6-7H,1-5H2,(H,12,17)(H3,11,13,14,15). The quantitative estimate of drug-likeness (QED) is 0.647. The van der Waals surface area contributed by atoms with Crippen LogP contribution in [0.1, 0.15) is 29.9 Å².